The highest BCUT2D eigenvalue weighted by molar-refractivity contribution is 6.74. The quantitative estimate of drug-likeness (QED) is 0.151. The van der Waals surface area contributed by atoms with Crippen LogP contribution in [0.25, 0.3) is 11.3 Å². The zero-order chi connectivity index (χ0) is 40.8. The smallest absolute Gasteiger partial charge is 0.264 e. The molecule has 11 heteroatoms. The summed E-state index contributed by atoms with van der Waals surface area (Å²) in [4.78, 5) is 35.9. The van der Waals surface area contributed by atoms with E-state index in [0.29, 0.717) is 72.2 Å². The number of carbonyl (C=O) groups excluding carboxylic acids is 2. The van der Waals surface area contributed by atoms with Crippen molar-refractivity contribution >= 4 is 31.5 Å². The van der Waals surface area contributed by atoms with Crippen molar-refractivity contribution in [1.82, 2.24) is 14.4 Å². The van der Waals surface area contributed by atoms with Crippen molar-refractivity contribution in [2.24, 2.45) is 0 Å². The van der Waals surface area contributed by atoms with Crippen LogP contribution in [0.1, 0.15) is 58.3 Å². The topological polar surface area (TPSA) is 87.5 Å². The second-order valence-electron chi connectivity index (χ2n) is 17.4. The van der Waals surface area contributed by atoms with Gasteiger partial charge in [-0.25, -0.2) is 4.39 Å². The molecule has 4 aromatic carbocycles. The van der Waals surface area contributed by atoms with Crippen molar-refractivity contribution in [1.29, 1.82) is 0 Å². The molecule has 3 aliphatic heterocycles. The summed E-state index contributed by atoms with van der Waals surface area (Å²) in [5.74, 6) is -0.238. The first-order chi connectivity index (χ1) is 27.8. The SMILES string of the molecule is CC(C)(C)[Si](C)(C)Oc1ccc(N(C(=O)c2cc(-c3cc(F)ccc3C(=O)N3Cc4ccccc4C[C@H]3CN3CCOCC3)n3c2CC(O)C3)c2ccccc2)cc1. The van der Waals surface area contributed by atoms with Crippen molar-refractivity contribution in [2.75, 3.05) is 37.7 Å². The van der Waals surface area contributed by atoms with E-state index in [1.807, 2.05) is 76.2 Å². The first-order valence-electron chi connectivity index (χ1n) is 20.3. The van der Waals surface area contributed by atoms with E-state index < -0.39 is 20.2 Å². The highest BCUT2D eigenvalue weighted by atomic mass is 28.4. The van der Waals surface area contributed by atoms with Crippen LogP contribution >= 0.6 is 0 Å². The molecule has 0 bridgehead atoms. The Balaban J connectivity index is 1.17. The Kier molecular flexibility index (Phi) is 10.9. The normalized spacial score (nSPS) is 18.4. The highest BCUT2D eigenvalue weighted by Crippen LogP contribution is 2.40. The highest BCUT2D eigenvalue weighted by Gasteiger charge is 2.40. The number of hydrogen-bond acceptors (Lipinski definition) is 6. The lowest BCUT2D eigenvalue weighted by Gasteiger charge is -2.40. The third kappa shape index (κ3) is 7.88. The van der Waals surface area contributed by atoms with Gasteiger partial charge < -0.3 is 23.7 Å². The first-order valence-corrected chi connectivity index (χ1v) is 23.2. The van der Waals surface area contributed by atoms with Gasteiger partial charge in [-0.05, 0) is 96.3 Å². The van der Waals surface area contributed by atoms with Gasteiger partial charge in [0, 0.05) is 73.4 Å². The third-order valence-corrected chi connectivity index (χ3v) is 16.8. The Morgan fingerprint density at radius 1 is 0.862 bits per heavy atom. The number of carbonyl (C=O) groups is 2. The van der Waals surface area contributed by atoms with Gasteiger partial charge in [0.05, 0.1) is 30.6 Å². The molecule has 2 amide bonds. The van der Waals surface area contributed by atoms with Gasteiger partial charge in [0.25, 0.3) is 11.8 Å². The minimum atomic E-state index is -2.10. The van der Waals surface area contributed by atoms with Crippen molar-refractivity contribution in [3.05, 3.63) is 137 Å². The summed E-state index contributed by atoms with van der Waals surface area (Å²) in [6.45, 7) is 15.2. The average molecular weight is 801 g/mol. The van der Waals surface area contributed by atoms with E-state index in [1.54, 1.807) is 17.0 Å². The van der Waals surface area contributed by atoms with Crippen LogP contribution in [0.3, 0.4) is 0 Å². The summed E-state index contributed by atoms with van der Waals surface area (Å²) in [7, 11) is -2.10. The van der Waals surface area contributed by atoms with Crippen LogP contribution in [0.4, 0.5) is 15.8 Å². The maximum absolute atomic E-state index is 15.4. The molecule has 1 aromatic heterocycles. The van der Waals surface area contributed by atoms with Crippen LogP contribution in [0.2, 0.25) is 18.1 Å². The lowest BCUT2D eigenvalue weighted by Crippen LogP contribution is -2.52. The number of halogens is 1. The molecule has 8 rings (SSSR count). The fourth-order valence-corrected chi connectivity index (χ4v) is 9.29. The molecule has 0 aliphatic carbocycles. The van der Waals surface area contributed by atoms with E-state index >= 15 is 9.18 Å². The molecule has 1 unspecified atom stereocenters. The Morgan fingerprint density at radius 3 is 2.24 bits per heavy atom. The number of hydrogen-bond donors (Lipinski definition) is 1. The molecule has 58 heavy (non-hydrogen) atoms. The number of anilines is 2. The lowest BCUT2D eigenvalue weighted by molar-refractivity contribution is 0.0193. The number of aliphatic hydroxyl groups excluding tert-OH is 1. The number of amides is 2. The van der Waals surface area contributed by atoms with E-state index in [2.05, 4.69) is 50.9 Å². The molecule has 2 atom stereocenters. The lowest BCUT2D eigenvalue weighted by atomic mass is 9.92. The molecule has 5 aromatic rings. The maximum Gasteiger partial charge on any atom is 0.264 e. The zero-order valence-corrected chi connectivity index (χ0v) is 35.1. The van der Waals surface area contributed by atoms with Crippen molar-refractivity contribution in [3.63, 3.8) is 0 Å². The number of nitrogens with zero attached hydrogens (tertiary/aromatic N) is 4. The van der Waals surface area contributed by atoms with Crippen LogP contribution in [-0.4, -0.2) is 84.6 Å². The number of ether oxygens (including phenoxy) is 1. The molecular weight excluding hydrogens is 748 g/mol. The second-order valence-corrected chi connectivity index (χ2v) is 22.1. The second kappa shape index (κ2) is 15.9. The molecule has 9 nitrogen and oxygen atoms in total. The number of morpholine rings is 1. The number of rotatable bonds is 9. The maximum atomic E-state index is 15.4. The molecule has 1 saturated heterocycles. The first kappa shape index (κ1) is 39.7. The van der Waals surface area contributed by atoms with E-state index in [4.69, 9.17) is 9.16 Å². The van der Waals surface area contributed by atoms with Gasteiger partial charge in [0.2, 0.25) is 8.32 Å². The Bertz CT molecular complexity index is 2300. The average Bonchev–Trinajstić information content (AvgIpc) is 3.75. The summed E-state index contributed by atoms with van der Waals surface area (Å²) < 4.78 is 29.5. The fourth-order valence-electron chi connectivity index (χ4n) is 8.26. The molecule has 0 spiro atoms. The van der Waals surface area contributed by atoms with Gasteiger partial charge in [-0.15, -0.1) is 0 Å². The van der Waals surface area contributed by atoms with E-state index in [0.717, 1.165) is 24.4 Å². The molecule has 302 valence electrons. The number of para-hydroxylation sites is 1. The summed E-state index contributed by atoms with van der Waals surface area (Å²) >= 11 is 0. The summed E-state index contributed by atoms with van der Waals surface area (Å²) in [5.41, 5.74) is 5.94. The number of benzene rings is 4. The largest absolute Gasteiger partial charge is 0.544 e. The number of aromatic nitrogens is 1. The van der Waals surface area contributed by atoms with Gasteiger partial charge in [-0.3, -0.25) is 19.4 Å². The molecule has 0 saturated carbocycles. The number of fused-ring (bicyclic) bond motifs is 2. The predicted octanol–water partition coefficient (Wildman–Crippen LogP) is 8.47. The van der Waals surface area contributed by atoms with Crippen LogP contribution in [0.5, 0.6) is 5.75 Å². The van der Waals surface area contributed by atoms with E-state index in [9.17, 15) is 9.90 Å². The Hall–Kier alpha value is -5.07. The van der Waals surface area contributed by atoms with E-state index in [1.165, 1.54) is 17.7 Å². The van der Waals surface area contributed by atoms with Crippen molar-refractivity contribution < 1.29 is 28.2 Å². The van der Waals surface area contributed by atoms with Gasteiger partial charge in [-0.1, -0.05) is 63.2 Å². The Morgan fingerprint density at radius 2 is 1.53 bits per heavy atom. The van der Waals surface area contributed by atoms with Crippen molar-refractivity contribution in [3.8, 4) is 17.0 Å². The minimum absolute atomic E-state index is 0.0196. The third-order valence-electron chi connectivity index (χ3n) is 12.4. The van der Waals surface area contributed by atoms with Crippen LogP contribution in [0.15, 0.2) is 103 Å². The molecule has 1 fully saturated rings. The summed E-state index contributed by atoms with van der Waals surface area (Å²) in [6, 6.07) is 31.3. The predicted molar refractivity (Wildman–Crippen MR) is 228 cm³/mol. The standard InChI is InChI=1S/C47H53FN4O5Si/c1-47(2,3)58(4,5)57-39-18-16-36(17-19-39)52(35-13-7-6-8-14-35)46(55)42-28-44(51-31-38(53)27-43(42)51)41-26-34(48)15-20-40(41)45(54)50-29-33-12-10-9-11-32(33)25-37(50)30-49-21-23-56-24-22-49/h6-20,26,28,37-38,53H,21-25,27,29-31H2,1-5H3/t37-,38?/m0/s1. The number of aliphatic hydroxyl groups is 1. The van der Waals surface area contributed by atoms with Gasteiger partial charge in [0.15, 0.2) is 0 Å². The molecular formula is C47H53FN4O5Si. The molecule has 0 radical (unpaired) electrons. The van der Waals surface area contributed by atoms with Crippen molar-refractivity contribution in [2.45, 2.75) is 77.0 Å². The van der Waals surface area contributed by atoms with E-state index in [-0.39, 0.29) is 35.9 Å². The van der Waals surface area contributed by atoms with Gasteiger partial charge >= 0.3 is 0 Å². The van der Waals surface area contributed by atoms with Crippen LogP contribution < -0.4 is 9.33 Å². The van der Waals surface area contributed by atoms with Gasteiger partial charge in [-0.2, -0.15) is 0 Å². The molecule has 4 heterocycles. The van der Waals surface area contributed by atoms with Crippen LogP contribution in [0, 0.1) is 5.82 Å². The zero-order valence-electron chi connectivity index (χ0n) is 34.1. The van der Waals surface area contributed by atoms with Crippen LogP contribution in [-0.2, 0) is 30.7 Å². The minimum Gasteiger partial charge on any atom is -0.544 e. The summed E-state index contributed by atoms with van der Waals surface area (Å²) in [6.07, 6.45) is 0.203. The summed E-state index contributed by atoms with van der Waals surface area (Å²) in [5, 5.41) is 11.1. The molecule has 1 N–H and O–H groups in total. The fraction of sp³-hybridized carbons (Fsp3) is 0.362. The molecule has 3 aliphatic rings. The monoisotopic (exact) mass is 800 g/mol. The van der Waals surface area contributed by atoms with Gasteiger partial charge in [0.1, 0.15) is 11.6 Å². The Labute approximate surface area is 341 Å².